The Morgan fingerprint density at radius 3 is 2.39 bits per heavy atom. The summed E-state index contributed by atoms with van der Waals surface area (Å²) in [6, 6.07) is 0. The van der Waals surface area contributed by atoms with Crippen molar-refractivity contribution in [2.45, 2.75) is 123 Å². The van der Waals surface area contributed by atoms with Gasteiger partial charge in [-0.1, -0.05) is 20.8 Å². The highest BCUT2D eigenvalue weighted by Crippen LogP contribution is 2.69. The molecule has 33 heavy (non-hydrogen) atoms. The molecule has 0 heterocycles. The van der Waals surface area contributed by atoms with E-state index in [2.05, 4.69) is 41.5 Å². The molecule has 0 saturated heterocycles. The summed E-state index contributed by atoms with van der Waals surface area (Å²) in [5.41, 5.74) is -0.152. The van der Waals surface area contributed by atoms with E-state index >= 15 is 0 Å². The molecule has 0 aromatic carbocycles. The summed E-state index contributed by atoms with van der Waals surface area (Å²) in [7, 11) is 0. The molecule has 4 aliphatic rings. The Morgan fingerprint density at radius 2 is 1.76 bits per heavy atom. The Bertz CT molecular complexity index is 730. The maximum absolute atomic E-state index is 11.5. The minimum Gasteiger partial charge on any atom is -0.481 e. The second-order valence-electron chi connectivity index (χ2n) is 13.6. The third-order valence-corrected chi connectivity index (χ3v) is 10.8. The summed E-state index contributed by atoms with van der Waals surface area (Å²) in [5, 5.41) is 31.2. The lowest BCUT2D eigenvalue weighted by Gasteiger charge is -2.64. The van der Waals surface area contributed by atoms with E-state index in [1.165, 1.54) is 0 Å². The van der Waals surface area contributed by atoms with Gasteiger partial charge in [-0.15, -0.1) is 0 Å². The smallest absolute Gasteiger partial charge is 0.303 e. The molecule has 4 rings (SSSR count). The van der Waals surface area contributed by atoms with Gasteiger partial charge in [0, 0.05) is 11.8 Å². The number of carboxylic acids is 1. The maximum atomic E-state index is 11.5. The number of hydrogen-bond donors (Lipinski definition) is 3. The van der Waals surface area contributed by atoms with Gasteiger partial charge in [0.05, 0.1) is 23.9 Å². The summed E-state index contributed by atoms with van der Waals surface area (Å²) < 4.78 is 6.88. The lowest BCUT2D eigenvalue weighted by Crippen LogP contribution is -2.63. The highest BCUT2D eigenvalue weighted by molar-refractivity contribution is 5.66. The molecule has 0 bridgehead atoms. The molecule has 190 valence electrons. The molecule has 0 aliphatic heterocycles. The normalized spacial score (nSPS) is 48.5. The molecule has 11 atom stereocenters. The first-order chi connectivity index (χ1) is 15.3. The summed E-state index contributed by atoms with van der Waals surface area (Å²) in [4.78, 5) is 11.3. The SMILES string of the molecule is CC(CCC(=O)O)C1CCC2C3C(O)CC4CC(O)CCC4(C)C3CC(OC(C)(C)C)C12C. The van der Waals surface area contributed by atoms with E-state index in [0.29, 0.717) is 36.0 Å². The molecule has 0 amide bonds. The van der Waals surface area contributed by atoms with E-state index in [0.717, 1.165) is 44.9 Å². The average molecular weight is 465 g/mol. The van der Waals surface area contributed by atoms with E-state index in [4.69, 9.17) is 4.74 Å². The topological polar surface area (TPSA) is 87.0 Å². The van der Waals surface area contributed by atoms with Gasteiger partial charge in [-0.2, -0.15) is 0 Å². The predicted octanol–water partition coefficient (Wildman–Crippen LogP) is 5.27. The van der Waals surface area contributed by atoms with Crippen LogP contribution in [-0.2, 0) is 9.53 Å². The van der Waals surface area contributed by atoms with Gasteiger partial charge in [0.1, 0.15) is 0 Å². The van der Waals surface area contributed by atoms with Crippen molar-refractivity contribution < 1.29 is 24.9 Å². The Hall–Kier alpha value is -0.650. The molecule has 11 unspecified atom stereocenters. The Balaban J connectivity index is 1.70. The Kier molecular flexibility index (Phi) is 6.77. The largest absolute Gasteiger partial charge is 0.481 e. The molecule has 4 fully saturated rings. The van der Waals surface area contributed by atoms with Crippen molar-refractivity contribution in [3.8, 4) is 0 Å². The Morgan fingerprint density at radius 1 is 1.06 bits per heavy atom. The lowest BCUT2D eigenvalue weighted by molar-refractivity contribution is -0.236. The quantitative estimate of drug-likeness (QED) is 0.516. The number of carbonyl (C=O) groups is 1. The zero-order valence-electron chi connectivity index (χ0n) is 21.7. The number of aliphatic carboxylic acids is 1. The monoisotopic (exact) mass is 464 g/mol. The van der Waals surface area contributed by atoms with Gasteiger partial charge in [0.25, 0.3) is 0 Å². The van der Waals surface area contributed by atoms with Crippen LogP contribution in [0.25, 0.3) is 0 Å². The van der Waals surface area contributed by atoms with Crippen molar-refractivity contribution in [1.29, 1.82) is 0 Å². The number of aliphatic hydroxyl groups excluding tert-OH is 2. The van der Waals surface area contributed by atoms with Gasteiger partial charge >= 0.3 is 5.97 Å². The molecule has 5 nitrogen and oxygen atoms in total. The molecular formula is C28H48O5. The first kappa shape index (κ1) is 25.4. The highest BCUT2D eigenvalue weighted by atomic mass is 16.5. The number of fused-ring (bicyclic) bond motifs is 5. The minimum atomic E-state index is -0.714. The molecule has 0 spiro atoms. The zero-order chi connectivity index (χ0) is 24.3. The minimum absolute atomic E-state index is 0.0509. The average Bonchev–Trinajstić information content (AvgIpc) is 3.05. The van der Waals surface area contributed by atoms with E-state index in [1.807, 2.05) is 0 Å². The van der Waals surface area contributed by atoms with Gasteiger partial charge in [0.15, 0.2) is 0 Å². The van der Waals surface area contributed by atoms with Crippen molar-refractivity contribution >= 4 is 5.97 Å². The predicted molar refractivity (Wildman–Crippen MR) is 129 cm³/mol. The van der Waals surface area contributed by atoms with E-state index < -0.39 is 5.97 Å². The van der Waals surface area contributed by atoms with Gasteiger partial charge in [0.2, 0.25) is 0 Å². The van der Waals surface area contributed by atoms with E-state index in [1.54, 1.807) is 0 Å². The summed E-state index contributed by atoms with van der Waals surface area (Å²) in [6.07, 6.45) is 7.20. The first-order valence-electron chi connectivity index (χ1n) is 13.5. The molecule has 5 heteroatoms. The van der Waals surface area contributed by atoms with Crippen LogP contribution >= 0.6 is 0 Å². The van der Waals surface area contributed by atoms with Gasteiger partial charge in [-0.25, -0.2) is 0 Å². The van der Waals surface area contributed by atoms with Gasteiger partial charge < -0.3 is 20.1 Å². The maximum Gasteiger partial charge on any atom is 0.303 e. The van der Waals surface area contributed by atoms with Crippen LogP contribution in [0, 0.1) is 46.3 Å². The summed E-state index contributed by atoms with van der Waals surface area (Å²) in [5.74, 6) is 1.51. The van der Waals surface area contributed by atoms with Crippen LogP contribution in [-0.4, -0.2) is 45.2 Å². The molecule has 4 aliphatic carbocycles. The van der Waals surface area contributed by atoms with Crippen molar-refractivity contribution in [2.24, 2.45) is 46.3 Å². The number of aliphatic hydroxyl groups is 2. The fourth-order valence-electron chi connectivity index (χ4n) is 9.26. The number of carboxylic acid groups (broad SMARTS) is 1. The van der Waals surface area contributed by atoms with Crippen LogP contribution in [0.4, 0.5) is 0 Å². The van der Waals surface area contributed by atoms with Gasteiger partial charge in [-0.3, -0.25) is 4.79 Å². The molecular weight excluding hydrogens is 416 g/mol. The second-order valence-corrected chi connectivity index (χ2v) is 13.6. The standard InChI is InChI=1S/C28H48O5/c1-16(7-10-24(31)32)19-8-9-20-25-21(15-23(28(19,20)6)33-26(2,3)4)27(5)12-11-18(29)13-17(27)14-22(25)30/h16-23,25,29-30H,7-15H2,1-6H3,(H,31,32). The highest BCUT2D eigenvalue weighted by Gasteiger charge is 2.66. The summed E-state index contributed by atoms with van der Waals surface area (Å²) >= 11 is 0. The number of rotatable bonds is 5. The van der Waals surface area contributed by atoms with Crippen LogP contribution in [0.2, 0.25) is 0 Å². The van der Waals surface area contributed by atoms with Crippen LogP contribution in [0.3, 0.4) is 0 Å². The summed E-state index contributed by atoms with van der Waals surface area (Å²) in [6.45, 7) is 13.5. The number of ether oxygens (including phenoxy) is 1. The van der Waals surface area contributed by atoms with E-state index in [-0.39, 0.29) is 47.1 Å². The lowest BCUT2D eigenvalue weighted by atomic mass is 9.43. The Labute approximate surface area is 200 Å². The molecule has 4 saturated carbocycles. The molecule has 3 N–H and O–H groups in total. The van der Waals surface area contributed by atoms with Crippen molar-refractivity contribution in [3.05, 3.63) is 0 Å². The van der Waals surface area contributed by atoms with Crippen molar-refractivity contribution in [2.75, 3.05) is 0 Å². The van der Waals surface area contributed by atoms with Crippen LogP contribution in [0.1, 0.15) is 99.3 Å². The van der Waals surface area contributed by atoms with Crippen molar-refractivity contribution in [1.82, 2.24) is 0 Å². The molecule has 0 radical (unpaired) electrons. The fourth-order valence-corrected chi connectivity index (χ4v) is 9.26. The molecule has 0 aromatic heterocycles. The fraction of sp³-hybridized carbons (Fsp3) is 0.964. The number of hydrogen-bond acceptors (Lipinski definition) is 4. The molecule has 0 aromatic rings. The van der Waals surface area contributed by atoms with Crippen LogP contribution in [0.5, 0.6) is 0 Å². The van der Waals surface area contributed by atoms with E-state index in [9.17, 15) is 20.1 Å². The third-order valence-electron chi connectivity index (χ3n) is 10.8. The second kappa shape index (κ2) is 8.78. The van der Waals surface area contributed by atoms with Crippen molar-refractivity contribution in [3.63, 3.8) is 0 Å². The van der Waals surface area contributed by atoms with Crippen LogP contribution < -0.4 is 0 Å². The zero-order valence-corrected chi connectivity index (χ0v) is 21.7. The van der Waals surface area contributed by atoms with Crippen LogP contribution in [0.15, 0.2) is 0 Å². The van der Waals surface area contributed by atoms with Gasteiger partial charge in [-0.05, 0) is 113 Å². The third kappa shape index (κ3) is 4.40. The first-order valence-corrected chi connectivity index (χ1v) is 13.5.